The summed E-state index contributed by atoms with van der Waals surface area (Å²) in [6, 6.07) is 4.15. The second-order valence-corrected chi connectivity index (χ2v) is 4.46. The Bertz CT molecular complexity index is 285. The summed E-state index contributed by atoms with van der Waals surface area (Å²) >= 11 is 1.67. The molecule has 1 atom stereocenters. The topological polar surface area (TPSA) is 41.1 Å². The lowest BCUT2D eigenvalue weighted by Gasteiger charge is -2.12. The Kier molecular flexibility index (Phi) is 5.36. The summed E-state index contributed by atoms with van der Waals surface area (Å²) in [5.41, 5.74) is 0. The van der Waals surface area contributed by atoms with Crippen molar-refractivity contribution in [2.45, 2.75) is 26.3 Å². The molecule has 1 aromatic heterocycles. The van der Waals surface area contributed by atoms with E-state index in [0.29, 0.717) is 6.54 Å². The summed E-state index contributed by atoms with van der Waals surface area (Å²) in [5, 5.41) is 8.05. The molecule has 1 rings (SSSR count). The molecule has 3 nitrogen and oxygen atoms in total. The van der Waals surface area contributed by atoms with E-state index in [-0.39, 0.29) is 11.9 Å². The van der Waals surface area contributed by atoms with Crippen molar-refractivity contribution in [3.8, 4) is 0 Å². The van der Waals surface area contributed by atoms with Gasteiger partial charge in [0.1, 0.15) is 0 Å². The molecule has 2 N–H and O–H groups in total. The van der Waals surface area contributed by atoms with Crippen molar-refractivity contribution in [1.82, 2.24) is 10.6 Å². The van der Waals surface area contributed by atoms with Gasteiger partial charge in [0.25, 0.3) is 0 Å². The van der Waals surface area contributed by atoms with Crippen LogP contribution < -0.4 is 10.6 Å². The highest BCUT2D eigenvalue weighted by Crippen LogP contribution is 2.17. The van der Waals surface area contributed by atoms with Gasteiger partial charge in [-0.25, -0.2) is 0 Å². The van der Waals surface area contributed by atoms with E-state index in [4.69, 9.17) is 0 Å². The van der Waals surface area contributed by atoms with Gasteiger partial charge in [-0.15, -0.1) is 11.3 Å². The van der Waals surface area contributed by atoms with Crippen LogP contribution in [0.5, 0.6) is 0 Å². The normalized spacial score (nSPS) is 12.4. The third-order valence-electron chi connectivity index (χ3n) is 2.06. The lowest BCUT2D eigenvalue weighted by molar-refractivity contribution is -0.120. The number of thiophene rings is 1. The van der Waals surface area contributed by atoms with Crippen LogP contribution in [0, 0.1) is 0 Å². The SMILES string of the molecule is CCCNCC(=O)N[C@H](C)c1cccs1. The fourth-order valence-corrected chi connectivity index (χ4v) is 2.01. The van der Waals surface area contributed by atoms with Gasteiger partial charge in [0.15, 0.2) is 0 Å². The zero-order chi connectivity index (χ0) is 11.1. The maximum absolute atomic E-state index is 11.5. The maximum atomic E-state index is 11.5. The van der Waals surface area contributed by atoms with Crippen LogP contribution in [-0.2, 0) is 4.79 Å². The summed E-state index contributed by atoms with van der Waals surface area (Å²) in [6.45, 7) is 5.38. The molecule has 0 fully saturated rings. The van der Waals surface area contributed by atoms with Gasteiger partial charge in [0.2, 0.25) is 5.91 Å². The number of rotatable bonds is 6. The standard InChI is InChI=1S/C11H18N2OS/c1-3-6-12-8-11(14)13-9(2)10-5-4-7-15-10/h4-5,7,9,12H,3,6,8H2,1-2H3,(H,13,14)/t9-/m1/s1. The molecular weight excluding hydrogens is 208 g/mol. The van der Waals surface area contributed by atoms with Crippen molar-refractivity contribution >= 4 is 17.2 Å². The summed E-state index contributed by atoms with van der Waals surface area (Å²) in [5.74, 6) is 0.0596. The quantitative estimate of drug-likeness (QED) is 0.728. The van der Waals surface area contributed by atoms with Crippen LogP contribution in [0.1, 0.15) is 31.2 Å². The largest absolute Gasteiger partial charge is 0.348 e. The Morgan fingerprint density at radius 3 is 3.00 bits per heavy atom. The fourth-order valence-electron chi connectivity index (χ4n) is 1.28. The summed E-state index contributed by atoms with van der Waals surface area (Å²) in [7, 11) is 0. The molecule has 0 aliphatic heterocycles. The van der Waals surface area contributed by atoms with Gasteiger partial charge in [0.05, 0.1) is 12.6 Å². The van der Waals surface area contributed by atoms with Gasteiger partial charge in [-0.3, -0.25) is 4.79 Å². The summed E-state index contributed by atoms with van der Waals surface area (Å²) < 4.78 is 0. The molecule has 1 aromatic rings. The van der Waals surface area contributed by atoms with Gasteiger partial charge in [-0.1, -0.05) is 13.0 Å². The van der Waals surface area contributed by atoms with Crippen molar-refractivity contribution in [3.05, 3.63) is 22.4 Å². The van der Waals surface area contributed by atoms with E-state index in [1.165, 1.54) is 4.88 Å². The number of carbonyl (C=O) groups is 1. The molecule has 1 heterocycles. The van der Waals surface area contributed by atoms with E-state index in [1.54, 1.807) is 11.3 Å². The molecule has 0 aliphatic rings. The fraction of sp³-hybridized carbons (Fsp3) is 0.545. The van der Waals surface area contributed by atoms with Crippen LogP contribution in [0.4, 0.5) is 0 Å². The Hall–Kier alpha value is -0.870. The smallest absolute Gasteiger partial charge is 0.234 e. The molecule has 0 unspecified atom stereocenters. The minimum absolute atomic E-state index is 0.0596. The van der Waals surface area contributed by atoms with Crippen LogP contribution in [0.25, 0.3) is 0 Å². The lowest BCUT2D eigenvalue weighted by atomic mass is 10.3. The molecule has 0 aliphatic carbocycles. The molecule has 0 saturated carbocycles. The van der Waals surface area contributed by atoms with E-state index in [2.05, 4.69) is 17.6 Å². The number of nitrogens with one attached hydrogen (secondary N) is 2. The van der Waals surface area contributed by atoms with Gasteiger partial charge in [-0.05, 0) is 31.3 Å². The number of hydrogen-bond acceptors (Lipinski definition) is 3. The average Bonchev–Trinajstić information content (AvgIpc) is 2.70. The van der Waals surface area contributed by atoms with Gasteiger partial charge in [0, 0.05) is 4.88 Å². The lowest BCUT2D eigenvalue weighted by Crippen LogP contribution is -2.35. The Balaban J connectivity index is 2.26. The Morgan fingerprint density at radius 1 is 1.60 bits per heavy atom. The maximum Gasteiger partial charge on any atom is 0.234 e. The van der Waals surface area contributed by atoms with Crippen LogP contribution in [-0.4, -0.2) is 19.0 Å². The average molecular weight is 226 g/mol. The first-order chi connectivity index (χ1) is 7.24. The van der Waals surface area contributed by atoms with E-state index in [1.807, 2.05) is 24.4 Å². The first kappa shape index (κ1) is 12.2. The minimum Gasteiger partial charge on any atom is -0.348 e. The molecule has 1 amide bonds. The van der Waals surface area contributed by atoms with E-state index in [9.17, 15) is 4.79 Å². The highest BCUT2D eigenvalue weighted by atomic mass is 32.1. The van der Waals surface area contributed by atoms with Gasteiger partial charge >= 0.3 is 0 Å². The zero-order valence-corrected chi connectivity index (χ0v) is 10.1. The second-order valence-electron chi connectivity index (χ2n) is 3.48. The van der Waals surface area contributed by atoms with Crippen LogP contribution in [0.2, 0.25) is 0 Å². The number of hydrogen-bond donors (Lipinski definition) is 2. The molecule has 15 heavy (non-hydrogen) atoms. The van der Waals surface area contributed by atoms with Crippen molar-refractivity contribution in [2.75, 3.05) is 13.1 Å². The van der Waals surface area contributed by atoms with Gasteiger partial charge in [-0.2, -0.15) is 0 Å². The molecule has 0 spiro atoms. The second kappa shape index (κ2) is 6.58. The summed E-state index contributed by atoms with van der Waals surface area (Å²) in [6.07, 6.45) is 1.05. The van der Waals surface area contributed by atoms with E-state index >= 15 is 0 Å². The van der Waals surface area contributed by atoms with Crippen LogP contribution >= 0.6 is 11.3 Å². The molecule has 0 radical (unpaired) electrons. The summed E-state index contributed by atoms with van der Waals surface area (Å²) in [4.78, 5) is 12.6. The Labute approximate surface area is 94.9 Å². The number of amides is 1. The van der Waals surface area contributed by atoms with E-state index in [0.717, 1.165) is 13.0 Å². The van der Waals surface area contributed by atoms with Crippen molar-refractivity contribution in [1.29, 1.82) is 0 Å². The first-order valence-electron chi connectivity index (χ1n) is 5.27. The third-order valence-corrected chi connectivity index (χ3v) is 3.11. The molecule has 4 heteroatoms. The minimum atomic E-state index is 0.0596. The van der Waals surface area contributed by atoms with Crippen LogP contribution in [0.3, 0.4) is 0 Å². The highest BCUT2D eigenvalue weighted by molar-refractivity contribution is 7.10. The van der Waals surface area contributed by atoms with Crippen molar-refractivity contribution in [3.63, 3.8) is 0 Å². The molecule has 0 aromatic carbocycles. The zero-order valence-electron chi connectivity index (χ0n) is 9.25. The predicted molar refractivity (Wildman–Crippen MR) is 64.0 cm³/mol. The predicted octanol–water partition coefficient (Wildman–Crippen LogP) is 1.92. The molecule has 0 bridgehead atoms. The highest BCUT2D eigenvalue weighted by Gasteiger charge is 2.09. The van der Waals surface area contributed by atoms with Crippen molar-refractivity contribution in [2.24, 2.45) is 0 Å². The molecule has 0 saturated heterocycles. The molecular formula is C11H18N2OS. The first-order valence-corrected chi connectivity index (χ1v) is 6.15. The molecule has 84 valence electrons. The van der Waals surface area contributed by atoms with Crippen LogP contribution in [0.15, 0.2) is 17.5 Å². The van der Waals surface area contributed by atoms with Gasteiger partial charge < -0.3 is 10.6 Å². The number of carbonyl (C=O) groups excluding carboxylic acids is 1. The Morgan fingerprint density at radius 2 is 2.40 bits per heavy atom. The van der Waals surface area contributed by atoms with Crippen molar-refractivity contribution < 1.29 is 4.79 Å². The van der Waals surface area contributed by atoms with E-state index < -0.39 is 0 Å². The third kappa shape index (κ3) is 4.44. The monoisotopic (exact) mass is 226 g/mol.